The molecule has 5 nitrogen and oxygen atoms in total. The number of carbonyl (C=O) groups is 1. The Bertz CT molecular complexity index is 484. The molecule has 2 heterocycles. The van der Waals surface area contributed by atoms with Crippen LogP contribution in [0.4, 0.5) is 4.79 Å². The molecule has 0 spiro atoms. The highest BCUT2D eigenvalue weighted by atomic mass is 16.6. The van der Waals surface area contributed by atoms with Gasteiger partial charge in [0.25, 0.3) is 0 Å². The van der Waals surface area contributed by atoms with Crippen molar-refractivity contribution in [2.24, 2.45) is 5.10 Å². The lowest BCUT2D eigenvalue weighted by molar-refractivity contribution is 0.159. The van der Waals surface area contributed by atoms with E-state index in [1.54, 1.807) is 0 Å². The van der Waals surface area contributed by atoms with Gasteiger partial charge in [0, 0.05) is 12.0 Å². The monoisotopic (exact) mass is 232 g/mol. The first-order valence-electron chi connectivity index (χ1n) is 5.58. The minimum absolute atomic E-state index is 0.374. The third-order valence-corrected chi connectivity index (χ3v) is 2.78. The number of carbonyl (C=O) groups excluding carboxylic acids is 1. The number of amides is 1. The molecule has 0 aromatic heterocycles. The third-order valence-electron chi connectivity index (χ3n) is 2.78. The van der Waals surface area contributed by atoms with Crippen LogP contribution < -0.4 is 4.74 Å². The van der Waals surface area contributed by atoms with Gasteiger partial charge in [0.05, 0.1) is 18.9 Å². The molecule has 1 fully saturated rings. The van der Waals surface area contributed by atoms with Gasteiger partial charge in [0.1, 0.15) is 12.4 Å². The van der Waals surface area contributed by atoms with E-state index < -0.39 is 0 Å². The largest absolute Gasteiger partial charge is 0.492 e. The maximum absolute atomic E-state index is 11.3. The van der Waals surface area contributed by atoms with Crippen LogP contribution in [0.25, 0.3) is 0 Å². The van der Waals surface area contributed by atoms with E-state index in [0.717, 1.165) is 17.0 Å². The highest BCUT2D eigenvalue weighted by Gasteiger charge is 2.24. The van der Waals surface area contributed by atoms with Gasteiger partial charge in [-0.25, -0.2) is 4.79 Å². The summed E-state index contributed by atoms with van der Waals surface area (Å²) in [5.41, 5.74) is 1.84. The van der Waals surface area contributed by atoms with Crippen molar-refractivity contribution in [2.75, 3.05) is 19.8 Å². The first kappa shape index (κ1) is 10.1. The predicted octanol–water partition coefficient (Wildman–Crippen LogP) is 1.63. The van der Waals surface area contributed by atoms with E-state index in [9.17, 15) is 4.79 Å². The van der Waals surface area contributed by atoms with E-state index in [4.69, 9.17) is 9.47 Å². The Kier molecular flexibility index (Phi) is 2.44. The molecular formula is C12H12N2O3. The molecule has 1 amide bonds. The molecule has 0 saturated carbocycles. The van der Waals surface area contributed by atoms with Gasteiger partial charge in [-0.05, 0) is 12.1 Å². The molecule has 0 N–H and O–H groups in total. The van der Waals surface area contributed by atoms with E-state index in [1.807, 2.05) is 24.3 Å². The van der Waals surface area contributed by atoms with Crippen LogP contribution in [0.15, 0.2) is 29.4 Å². The molecule has 1 aromatic rings. The maximum atomic E-state index is 11.3. The van der Waals surface area contributed by atoms with Crippen LogP contribution in [-0.4, -0.2) is 36.6 Å². The molecule has 1 aromatic carbocycles. The van der Waals surface area contributed by atoms with Gasteiger partial charge in [-0.1, -0.05) is 12.1 Å². The molecule has 0 atom stereocenters. The van der Waals surface area contributed by atoms with Crippen LogP contribution in [-0.2, 0) is 4.74 Å². The molecule has 2 aliphatic rings. The summed E-state index contributed by atoms with van der Waals surface area (Å²) in [6, 6.07) is 7.72. The molecule has 0 unspecified atom stereocenters. The van der Waals surface area contributed by atoms with Crippen molar-refractivity contribution in [3.8, 4) is 5.75 Å². The summed E-state index contributed by atoms with van der Waals surface area (Å²) >= 11 is 0. The van der Waals surface area contributed by atoms with Gasteiger partial charge in [0.15, 0.2) is 0 Å². The molecule has 2 aliphatic heterocycles. The summed E-state index contributed by atoms with van der Waals surface area (Å²) in [4.78, 5) is 11.3. The van der Waals surface area contributed by atoms with Gasteiger partial charge in [-0.2, -0.15) is 10.1 Å². The average molecular weight is 232 g/mol. The molecule has 0 bridgehead atoms. The van der Waals surface area contributed by atoms with Gasteiger partial charge >= 0.3 is 6.09 Å². The predicted molar refractivity (Wildman–Crippen MR) is 61.1 cm³/mol. The summed E-state index contributed by atoms with van der Waals surface area (Å²) in [5.74, 6) is 0.824. The zero-order valence-corrected chi connectivity index (χ0v) is 9.26. The molecule has 0 aliphatic carbocycles. The first-order valence-corrected chi connectivity index (χ1v) is 5.58. The number of hydrogen-bond acceptors (Lipinski definition) is 4. The number of cyclic esters (lactones) is 1. The van der Waals surface area contributed by atoms with Crippen LogP contribution in [0.2, 0.25) is 0 Å². The minimum Gasteiger partial charge on any atom is -0.492 e. The Balaban J connectivity index is 1.94. The summed E-state index contributed by atoms with van der Waals surface area (Å²) < 4.78 is 10.4. The number of para-hydroxylation sites is 1. The minimum atomic E-state index is -0.374. The number of nitrogens with zero attached hydrogens (tertiary/aromatic N) is 2. The van der Waals surface area contributed by atoms with Crippen molar-refractivity contribution in [1.29, 1.82) is 0 Å². The standard InChI is InChI=1S/C12H12N2O3/c15-12-14(6-8-17-12)13-10-5-7-16-11-4-2-1-3-9(10)11/h1-4H,5-8H2. The fourth-order valence-corrected chi connectivity index (χ4v) is 1.95. The number of fused-ring (bicyclic) bond motifs is 1. The lowest BCUT2D eigenvalue weighted by atomic mass is 10.0. The maximum Gasteiger partial charge on any atom is 0.430 e. The number of ether oxygens (including phenoxy) is 2. The Hall–Kier alpha value is -2.04. The summed E-state index contributed by atoms with van der Waals surface area (Å²) in [6.07, 6.45) is 0.335. The van der Waals surface area contributed by atoms with Gasteiger partial charge in [-0.3, -0.25) is 0 Å². The van der Waals surface area contributed by atoms with E-state index in [0.29, 0.717) is 26.2 Å². The Morgan fingerprint density at radius 2 is 2.06 bits per heavy atom. The number of rotatable bonds is 1. The average Bonchev–Trinajstić information content (AvgIpc) is 2.76. The lowest BCUT2D eigenvalue weighted by Gasteiger charge is -2.19. The van der Waals surface area contributed by atoms with Crippen molar-refractivity contribution in [3.63, 3.8) is 0 Å². The van der Waals surface area contributed by atoms with Gasteiger partial charge < -0.3 is 9.47 Å². The second-order valence-corrected chi connectivity index (χ2v) is 3.88. The second-order valence-electron chi connectivity index (χ2n) is 3.88. The molecule has 5 heteroatoms. The first-order chi connectivity index (χ1) is 8.34. The summed E-state index contributed by atoms with van der Waals surface area (Å²) in [7, 11) is 0. The quantitative estimate of drug-likeness (QED) is 0.739. The van der Waals surface area contributed by atoms with Crippen molar-refractivity contribution in [2.45, 2.75) is 6.42 Å². The molecule has 3 rings (SSSR count). The van der Waals surface area contributed by atoms with E-state index in [-0.39, 0.29) is 6.09 Å². The summed E-state index contributed by atoms with van der Waals surface area (Å²) in [6.45, 7) is 1.53. The van der Waals surface area contributed by atoms with Gasteiger partial charge in [0.2, 0.25) is 0 Å². The fraction of sp³-hybridized carbons (Fsp3) is 0.333. The molecule has 88 valence electrons. The Morgan fingerprint density at radius 3 is 2.88 bits per heavy atom. The number of benzene rings is 1. The zero-order chi connectivity index (χ0) is 11.7. The van der Waals surface area contributed by atoms with Crippen LogP contribution >= 0.6 is 0 Å². The molecule has 1 saturated heterocycles. The molecule has 17 heavy (non-hydrogen) atoms. The van der Waals surface area contributed by atoms with Gasteiger partial charge in [-0.15, -0.1) is 0 Å². The van der Waals surface area contributed by atoms with E-state index >= 15 is 0 Å². The van der Waals surface area contributed by atoms with Crippen molar-refractivity contribution >= 4 is 11.8 Å². The highest BCUT2D eigenvalue weighted by Crippen LogP contribution is 2.25. The van der Waals surface area contributed by atoms with Crippen LogP contribution in [0.3, 0.4) is 0 Å². The van der Waals surface area contributed by atoms with Crippen molar-refractivity contribution < 1.29 is 14.3 Å². The number of hydrazone groups is 1. The normalized spacial score (nSPS) is 21.1. The van der Waals surface area contributed by atoms with Crippen molar-refractivity contribution in [1.82, 2.24) is 5.01 Å². The SMILES string of the molecule is O=C1OCCN1N=C1CCOc2ccccc21. The Morgan fingerprint density at radius 1 is 1.18 bits per heavy atom. The smallest absolute Gasteiger partial charge is 0.430 e. The summed E-state index contributed by atoms with van der Waals surface area (Å²) in [5, 5.41) is 5.73. The topological polar surface area (TPSA) is 51.1 Å². The van der Waals surface area contributed by atoms with Crippen LogP contribution in [0.1, 0.15) is 12.0 Å². The second kappa shape index (κ2) is 4.08. The Labute approximate surface area is 98.6 Å². The van der Waals surface area contributed by atoms with Crippen molar-refractivity contribution in [3.05, 3.63) is 29.8 Å². The highest BCUT2D eigenvalue weighted by molar-refractivity contribution is 6.04. The third kappa shape index (κ3) is 1.84. The zero-order valence-electron chi connectivity index (χ0n) is 9.26. The molecule has 0 radical (unpaired) electrons. The number of hydrogen-bond donors (Lipinski definition) is 0. The van der Waals surface area contributed by atoms with E-state index in [2.05, 4.69) is 5.10 Å². The lowest BCUT2D eigenvalue weighted by Crippen LogP contribution is -2.23. The fourth-order valence-electron chi connectivity index (χ4n) is 1.95. The van der Waals surface area contributed by atoms with Crippen LogP contribution in [0, 0.1) is 0 Å². The van der Waals surface area contributed by atoms with Crippen LogP contribution in [0.5, 0.6) is 5.75 Å². The molecular weight excluding hydrogens is 220 g/mol. The van der Waals surface area contributed by atoms with E-state index in [1.165, 1.54) is 5.01 Å².